The molecule has 0 bridgehead atoms. The quantitative estimate of drug-likeness (QED) is 0.872. The molecule has 1 aromatic rings. The maximum atomic E-state index is 12.7. The van der Waals surface area contributed by atoms with Crippen molar-refractivity contribution in [3.8, 4) is 0 Å². The topological polar surface area (TPSA) is 49.4 Å². The number of hydrogen-bond donors (Lipinski definition) is 1. The van der Waals surface area contributed by atoms with Crippen molar-refractivity contribution in [1.29, 1.82) is 0 Å². The molecule has 1 aliphatic heterocycles. The van der Waals surface area contributed by atoms with Crippen LogP contribution in [0.2, 0.25) is 5.02 Å². The number of benzene rings is 1. The lowest BCUT2D eigenvalue weighted by molar-refractivity contribution is 0.453. The Balaban J connectivity index is 2.24. The highest BCUT2D eigenvalue weighted by Gasteiger charge is 2.31. The van der Waals surface area contributed by atoms with Crippen molar-refractivity contribution in [3.05, 3.63) is 28.8 Å². The second-order valence-electron chi connectivity index (χ2n) is 5.46. The Labute approximate surface area is 132 Å². The Morgan fingerprint density at radius 2 is 2.14 bits per heavy atom. The SMILES string of the molecule is CCNCc1cc(S(=O)(=O)N2CCC(CC)C2)ccc1Cl. The van der Waals surface area contributed by atoms with Crippen LogP contribution in [0.3, 0.4) is 0 Å². The highest BCUT2D eigenvalue weighted by atomic mass is 35.5. The van der Waals surface area contributed by atoms with Gasteiger partial charge in [0.2, 0.25) is 10.0 Å². The maximum absolute atomic E-state index is 12.7. The van der Waals surface area contributed by atoms with E-state index in [-0.39, 0.29) is 0 Å². The van der Waals surface area contributed by atoms with Crippen LogP contribution in [0.1, 0.15) is 32.3 Å². The van der Waals surface area contributed by atoms with Gasteiger partial charge in [-0.25, -0.2) is 8.42 Å². The van der Waals surface area contributed by atoms with Crippen molar-refractivity contribution < 1.29 is 8.42 Å². The summed E-state index contributed by atoms with van der Waals surface area (Å²) in [5, 5.41) is 3.78. The van der Waals surface area contributed by atoms with Crippen molar-refractivity contribution in [3.63, 3.8) is 0 Å². The Morgan fingerprint density at radius 1 is 1.38 bits per heavy atom. The standard InChI is InChI=1S/C15H23ClN2O2S/c1-3-12-7-8-18(11-12)21(19,20)14-5-6-15(16)13(9-14)10-17-4-2/h5-6,9,12,17H,3-4,7-8,10-11H2,1-2H3. The molecule has 118 valence electrons. The van der Waals surface area contributed by atoms with E-state index in [0.717, 1.165) is 24.9 Å². The number of halogens is 1. The number of sulfonamides is 1. The lowest BCUT2D eigenvalue weighted by atomic mass is 10.1. The van der Waals surface area contributed by atoms with Crippen molar-refractivity contribution in [2.24, 2.45) is 5.92 Å². The Morgan fingerprint density at radius 3 is 2.76 bits per heavy atom. The molecular formula is C15H23ClN2O2S. The van der Waals surface area contributed by atoms with E-state index in [1.807, 2.05) is 6.92 Å². The van der Waals surface area contributed by atoms with Gasteiger partial charge in [-0.1, -0.05) is 31.9 Å². The van der Waals surface area contributed by atoms with E-state index in [1.165, 1.54) is 0 Å². The zero-order valence-corrected chi connectivity index (χ0v) is 14.2. The lowest BCUT2D eigenvalue weighted by Gasteiger charge is -2.17. The molecule has 4 nitrogen and oxygen atoms in total. The van der Waals surface area contributed by atoms with Crippen LogP contribution in [0.5, 0.6) is 0 Å². The highest BCUT2D eigenvalue weighted by molar-refractivity contribution is 7.89. The van der Waals surface area contributed by atoms with Crippen LogP contribution < -0.4 is 5.32 Å². The summed E-state index contributed by atoms with van der Waals surface area (Å²) in [5.41, 5.74) is 0.825. The molecule has 2 rings (SSSR count). The normalized spacial score (nSPS) is 20.0. The first-order valence-corrected chi connectivity index (χ1v) is 9.30. The highest BCUT2D eigenvalue weighted by Crippen LogP contribution is 2.28. The van der Waals surface area contributed by atoms with Gasteiger partial charge >= 0.3 is 0 Å². The second kappa shape index (κ2) is 7.09. The molecule has 6 heteroatoms. The molecule has 1 saturated heterocycles. The fourth-order valence-electron chi connectivity index (χ4n) is 2.60. The van der Waals surface area contributed by atoms with Crippen LogP contribution in [-0.2, 0) is 16.6 Å². The third kappa shape index (κ3) is 3.77. The monoisotopic (exact) mass is 330 g/mol. The zero-order chi connectivity index (χ0) is 15.5. The minimum absolute atomic E-state index is 0.344. The molecule has 1 aromatic carbocycles. The second-order valence-corrected chi connectivity index (χ2v) is 7.80. The summed E-state index contributed by atoms with van der Waals surface area (Å²) in [6.07, 6.45) is 1.98. The van der Waals surface area contributed by atoms with E-state index in [9.17, 15) is 8.42 Å². The van der Waals surface area contributed by atoms with E-state index in [4.69, 9.17) is 11.6 Å². The van der Waals surface area contributed by atoms with Gasteiger partial charge in [-0.2, -0.15) is 4.31 Å². The van der Waals surface area contributed by atoms with Gasteiger partial charge < -0.3 is 5.32 Å². The fraction of sp³-hybridized carbons (Fsp3) is 0.600. The van der Waals surface area contributed by atoms with Gasteiger partial charge in [0.15, 0.2) is 0 Å². The fourth-order valence-corrected chi connectivity index (χ4v) is 4.37. The number of hydrogen-bond acceptors (Lipinski definition) is 3. The van der Waals surface area contributed by atoms with Gasteiger partial charge in [0, 0.05) is 24.7 Å². The first-order chi connectivity index (χ1) is 9.98. The smallest absolute Gasteiger partial charge is 0.243 e. The molecule has 1 unspecified atom stereocenters. The van der Waals surface area contributed by atoms with E-state index in [0.29, 0.717) is 35.5 Å². The van der Waals surface area contributed by atoms with Crippen LogP contribution >= 0.6 is 11.6 Å². The van der Waals surface area contributed by atoms with E-state index >= 15 is 0 Å². The van der Waals surface area contributed by atoms with Gasteiger partial charge in [-0.3, -0.25) is 0 Å². The molecule has 1 heterocycles. The Kier molecular flexibility index (Phi) is 5.66. The van der Waals surface area contributed by atoms with Crippen molar-refractivity contribution in [2.75, 3.05) is 19.6 Å². The molecule has 0 radical (unpaired) electrons. The van der Waals surface area contributed by atoms with Gasteiger partial charge in [-0.05, 0) is 42.6 Å². The molecule has 1 fully saturated rings. The number of nitrogens with one attached hydrogen (secondary N) is 1. The molecule has 1 N–H and O–H groups in total. The summed E-state index contributed by atoms with van der Waals surface area (Å²) in [4.78, 5) is 0.344. The Hall–Kier alpha value is -0.620. The van der Waals surface area contributed by atoms with Crippen LogP contribution in [0.15, 0.2) is 23.1 Å². The molecule has 1 atom stereocenters. The molecule has 0 saturated carbocycles. The van der Waals surface area contributed by atoms with Crippen LogP contribution in [0.25, 0.3) is 0 Å². The van der Waals surface area contributed by atoms with Crippen molar-refractivity contribution >= 4 is 21.6 Å². The van der Waals surface area contributed by atoms with Gasteiger partial charge in [-0.15, -0.1) is 0 Å². The molecule has 0 amide bonds. The summed E-state index contributed by atoms with van der Waals surface area (Å²) >= 11 is 6.14. The van der Waals surface area contributed by atoms with Gasteiger partial charge in [0.05, 0.1) is 4.90 Å². The lowest BCUT2D eigenvalue weighted by Crippen LogP contribution is -2.29. The van der Waals surface area contributed by atoms with E-state index in [1.54, 1.807) is 22.5 Å². The number of rotatable bonds is 6. The predicted molar refractivity (Wildman–Crippen MR) is 86.0 cm³/mol. The minimum atomic E-state index is -3.40. The molecule has 0 spiro atoms. The summed E-state index contributed by atoms with van der Waals surface area (Å²) in [6, 6.07) is 4.97. The summed E-state index contributed by atoms with van der Waals surface area (Å²) in [7, 11) is -3.40. The minimum Gasteiger partial charge on any atom is -0.313 e. The summed E-state index contributed by atoms with van der Waals surface area (Å²) in [6.45, 7) is 6.76. The van der Waals surface area contributed by atoms with Gasteiger partial charge in [0.1, 0.15) is 0 Å². The largest absolute Gasteiger partial charge is 0.313 e. The van der Waals surface area contributed by atoms with Gasteiger partial charge in [0.25, 0.3) is 0 Å². The first kappa shape index (κ1) is 16.7. The molecule has 1 aliphatic rings. The van der Waals surface area contributed by atoms with E-state index in [2.05, 4.69) is 12.2 Å². The zero-order valence-electron chi connectivity index (χ0n) is 12.6. The average Bonchev–Trinajstić information content (AvgIpc) is 2.96. The van der Waals surface area contributed by atoms with Crippen molar-refractivity contribution in [1.82, 2.24) is 9.62 Å². The molecule has 21 heavy (non-hydrogen) atoms. The van der Waals surface area contributed by atoms with Crippen LogP contribution in [0, 0.1) is 5.92 Å². The molecule has 0 aliphatic carbocycles. The first-order valence-electron chi connectivity index (χ1n) is 7.48. The maximum Gasteiger partial charge on any atom is 0.243 e. The summed E-state index contributed by atoms with van der Waals surface area (Å²) < 4.78 is 27.0. The average molecular weight is 331 g/mol. The molecular weight excluding hydrogens is 308 g/mol. The van der Waals surface area contributed by atoms with Crippen LogP contribution in [-0.4, -0.2) is 32.4 Å². The summed E-state index contributed by atoms with van der Waals surface area (Å²) in [5.74, 6) is 0.480. The third-order valence-electron chi connectivity index (χ3n) is 4.05. The number of nitrogens with zero attached hydrogens (tertiary/aromatic N) is 1. The Bertz CT molecular complexity index is 589. The third-order valence-corrected chi connectivity index (χ3v) is 6.28. The predicted octanol–water partition coefficient (Wildman–Crippen LogP) is 2.87. The molecule has 0 aromatic heterocycles. The van der Waals surface area contributed by atoms with E-state index < -0.39 is 10.0 Å². The van der Waals surface area contributed by atoms with Crippen molar-refractivity contribution in [2.45, 2.75) is 38.1 Å². The van der Waals surface area contributed by atoms with Crippen LogP contribution in [0.4, 0.5) is 0 Å².